The maximum atomic E-state index is 14.5. The number of carbonyl (C=O) groups is 1. The van der Waals surface area contributed by atoms with Gasteiger partial charge in [-0.05, 0) is 31.5 Å². The maximum absolute atomic E-state index is 14.5. The van der Waals surface area contributed by atoms with Gasteiger partial charge in [-0.25, -0.2) is 9.37 Å². The van der Waals surface area contributed by atoms with E-state index in [2.05, 4.69) is 17.2 Å². The lowest BCUT2D eigenvalue weighted by atomic mass is 10.1. The molecule has 0 saturated heterocycles. The molecule has 5 nitrogen and oxygen atoms in total. The first-order chi connectivity index (χ1) is 12.4. The smallest absolute Gasteiger partial charge is 0.259 e. The number of allylic oxidation sites excluding steroid dienone is 1. The van der Waals surface area contributed by atoms with Crippen molar-refractivity contribution in [2.45, 2.75) is 26.7 Å². The second-order valence-corrected chi connectivity index (χ2v) is 5.67. The second kappa shape index (κ2) is 8.94. The molecule has 1 amide bonds. The number of halogens is 2. The minimum absolute atomic E-state index is 0.0188. The number of nitrogens with one attached hydrogen (secondary N) is 1. The highest BCUT2D eigenvalue weighted by molar-refractivity contribution is 6.07. The summed E-state index contributed by atoms with van der Waals surface area (Å²) in [5.74, 6) is -2.38. The van der Waals surface area contributed by atoms with E-state index in [9.17, 15) is 13.6 Å². The largest absolute Gasteiger partial charge is 0.486 e. The standard InChI is InChI=1S/C19H21F2N3O2/c1-3-4-5-6-10-26-15-9-7-8-14(16(15)20)23-19(25)13-11-12(2)17(21)24-18(13)22/h5-9,11H,3-4,10H2,1-2H3,(H2,22,24)(H,23,25). The number of benzene rings is 1. The molecule has 138 valence electrons. The number of ether oxygens (including phenoxy) is 1. The van der Waals surface area contributed by atoms with Crippen LogP contribution in [0.1, 0.15) is 35.7 Å². The Kier molecular flexibility index (Phi) is 6.66. The van der Waals surface area contributed by atoms with Gasteiger partial charge < -0.3 is 15.8 Å². The lowest BCUT2D eigenvalue weighted by Crippen LogP contribution is -2.17. The number of amides is 1. The molecule has 0 spiro atoms. The minimum atomic E-state index is -0.753. The SMILES string of the molecule is CCCC=CCOc1cccc(NC(=O)c2cc(C)c(F)nc2N)c1F. The van der Waals surface area contributed by atoms with E-state index in [0.717, 1.165) is 12.8 Å². The maximum Gasteiger partial charge on any atom is 0.259 e. The molecule has 0 bridgehead atoms. The molecule has 1 aromatic heterocycles. The Bertz CT molecular complexity index is 823. The Balaban J connectivity index is 2.13. The summed E-state index contributed by atoms with van der Waals surface area (Å²) < 4.78 is 33.2. The summed E-state index contributed by atoms with van der Waals surface area (Å²) in [6.07, 6.45) is 5.71. The lowest BCUT2D eigenvalue weighted by Gasteiger charge is -2.11. The van der Waals surface area contributed by atoms with E-state index in [0.29, 0.717) is 0 Å². The molecule has 1 heterocycles. The summed E-state index contributed by atoms with van der Waals surface area (Å²) in [7, 11) is 0. The number of aromatic nitrogens is 1. The van der Waals surface area contributed by atoms with Crippen molar-refractivity contribution in [3.05, 3.63) is 59.3 Å². The molecule has 2 rings (SSSR count). The zero-order valence-electron chi connectivity index (χ0n) is 14.7. The van der Waals surface area contributed by atoms with Gasteiger partial charge in [-0.2, -0.15) is 4.39 Å². The highest BCUT2D eigenvalue weighted by Crippen LogP contribution is 2.25. The average molecular weight is 361 g/mol. The quantitative estimate of drug-likeness (QED) is 0.571. The van der Waals surface area contributed by atoms with Gasteiger partial charge in [0.2, 0.25) is 5.95 Å². The topological polar surface area (TPSA) is 77.2 Å². The van der Waals surface area contributed by atoms with Crippen molar-refractivity contribution in [1.29, 1.82) is 0 Å². The fourth-order valence-corrected chi connectivity index (χ4v) is 2.18. The van der Waals surface area contributed by atoms with E-state index in [-0.39, 0.29) is 35.0 Å². The third kappa shape index (κ3) is 4.78. The number of nitrogens with two attached hydrogens (primary N) is 1. The molecule has 7 heteroatoms. The number of carbonyl (C=O) groups excluding carboxylic acids is 1. The number of rotatable bonds is 7. The van der Waals surface area contributed by atoms with E-state index in [1.54, 1.807) is 6.07 Å². The Morgan fingerprint density at radius 1 is 1.35 bits per heavy atom. The number of pyridine rings is 1. The minimum Gasteiger partial charge on any atom is -0.486 e. The van der Waals surface area contributed by atoms with Crippen molar-refractivity contribution in [1.82, 2.24) is 4.98 Å². The molecule has 3 N–H and O–H groups in total. The van der Waals surface area contributed by atoms with Crippen molar-refractivity contribution in [3.8, 4) is 5.75 Å². The molecule has 0 aliphatic rings. The Hall–Kier alpha value is -2.96. The van der Waals surface area contributed by atoms with E-state index in [4.69, 9.17) is 10.5 Å². The number of unbranched alkanes of at least 4 members (excludes halogenated alkanes) is 1. The van der Waals surface area contributed by atoms with Crippen LogP contribution in [-0.2, 0) is 0 Å². The van der Waals surface area contributed by atoms with Crippen LogP contribution in [0.3, 0.4) is 0 Å². The van der Waals surface area contributed by atoms with Crippen LogP contribution in [0.25, 0.3) is 0 Å². The van der Waals surface area contributed by atoms with Crippen LogP contribution < -0.4 is 15.8 Å². The number of nitrogens with zero attached hydrogens (tertiary/aromatic N) is 1. The van der Waals surface area contributed by atoms with Crippen molar-refractivity contribution in [2.24, 2.45) is 0 Å². The molecule has 0 saturated carbocycles. The Labute approximate surface area is 150 Å². The van der Waals surface area contributed by atoms with E-state index in [1.165, 1.54) is 25.1 Å². The molecule has 26 heavy (non-hydrogen) atoms. The first-order valence-electron chi connectivity index (χ1n) is 8.24. The molecule has 0 fully saturated rings. The summed E-state index contributed by atoms with van der Waals surface area (Å²) in [5, 5.41) is 2.41. The molecular weight excluding hydrogens is 340 g/mol. The summed E-state index contributed by atoms with van der Waals surface area (Å²) in [6, 6.07) is 5.69. The summed E-state index contributed by atoms with van der Waals surface area (Å²) in [6.45, 7) is 3.74. The third-order valence-electron chi connectivity index (χ3n) is 3.59. The van der Waals surface area contributed by atoms with Gasteiger partial charge in [-0.3, -0.25) is 4.79 Å². The molecular formula is C19H21F2N3O2. The summed E-state index contributed by atoms with van der Waals surface area (Å²) in [5.41, 5.74) is 5.65. The monoisotopic (exact) mass is 361 g/mol. The summed E-state index contributed by atoms with van der Waals surface area (Å²) >= 11 is 0. The van der Waals surface area contributed by atoms with Crippen LogP contribution in [0.2, 0.25) is 0 Å². The zero-order chi connectivity index (χ0) is 19.1. The second-order valence-electron chi connectivity index (χ2n) is 5.67. The van der Waals surface area contributed by atoms with Crippen LogP contribution in [0, 0.1) is 18.7 Å². The highest BCUT2D eigenvalue weighted by Gasteiger charge is 2.17. The van der Waals surface area contributed by atoms with Crippen LogP contribution in [0.4, 0.5) is 20.3 Å². The van der Waals surface area contributed by atoms with Crippen LogP contribution >= 0.6 is 0 Å². The molecule has 0 aliphatic carbocycles. The first-order valence-corrected chi connectivity index (χ1v) is 8.24. The van der Waals surface area contributed by atoms with Gasteiger partial charge in [0.1, 0.15) is 12.4 Å². The van der Waals surface area contributed by atoms with Gasteiger partial charge in [0.25, 0.3) is 5.91 Å². The average Bonchev–Trinajstić information content (AvgIpc) is 2.60. The van der Waals surface area contributed by atoms with Gasteiger partial charge >= 0.3 is 0 Å². The van der Waals surface area contributed by atoms with Gasteiger partial charge in [0.15, 0.2) is 11.6 Å². The third-order valence-corrected chi connectivity index (χ3v) is 3.59. The predicted molar refractivity (Wildman–Crippen MR) is 97.2 cm³/mol. The van der Waals surface area contributed by atoms with Crippen molar-refractivity contribution >= 4 is 17.4 Å². The fraction of sp³-hybridized carbons (Fsp3) is 0.263. The Morgan fingerprint density at radius 3 is 2.85 bits per heavy atom. The number of hydrogen-bond acceptors (Lipinski definition) is 4. The lowest BCUT2D eigenvalue weighted by molar-refractivity contribution is 0.102. The van der Waals surface area contributed by atoms with Crippen molar-refractivity contribution < 1.29 is 18.3 Å². The predicted octanol–water partition coefficient (Wildman–Crippen LogP) is 4.24. The van der Waals surface area contributed by atoms with E-state index in [1.807, 2.05) is 12.2 Å². The fourth-order valence-electron chi connectivity index (χ4n) is 2.18. The van der Waals surface area contributed by atoms with Crippen molar-refractivity contribution in [3.63, 3.8) is 0 Å². The van der Waals surface area contributed by atoms with Gasteiger partial charge in [0, 0.05) is 5.56 Å². The number of aryl methyl sites for hydroxylation is 1. The highest BCUT2D eigenvalue weighted by atomic mass is 19.1. The van der Waals surface area contributed by atoms with E-state index >= 15 is 0 Å². The van der Waals surface area contributed by atoms with Gasteiger partial charge in [-0.1, -0.05) is 31.6 Å². The molecule has 0 aliphatic heterocycles. The Morgan fingerprint density at radius 2 is 2.12 bits per heavy atom. The number of hydrogen-bond donors (Lipinski definition) is 2. The van der Waals surface area contributed by atoms with Crippen molar-refractivity contribution in [2.75, 3.05) is 17.7 Å². The summed E-state index contributed by atoms with van der Waals surface area (Å²) in [4.78, 5) is 15.8. The van der Waals surface area contributed by atoms with Crippen LogP contribution in [0.15, 0.2) is 36.4 Å². The normalized spacial score (nSPS) is 10.9. The zero-order valence-corrected chi connectivity index (χ0v) is 14.7. The van der Waals surface area contributed by atoms with Gasteiger partial charge in [-0.15, -0.1) is 0 Å². The molecule has 1 aromatic carbocycles. The molecule has 0 unspecified atom stereocenters. The van der Waals surface area contributed by atoms with Crippen LogP contribution in [0.5, 0.6) is 5.75 Å². The van der Waals surface area contributed by atoms with Crippen LogP contribution in [-0.4, -0.2) is 17.5 Å². The number of anilines is 2. The first kappa shape index (κ1) is 19.4. The molecule has 0 atom stereocenters. The molecule has 0 radical (unpaired) electrons. The molecule has 2 aromatic rings. The number of nitrogen functional groups attached to an aromatic ring is 1. The van der Waals surface area contributed by atoms with E-state index < -0.39 is 17.7 Å². The van der Waals surface area contributed by atoms with Gasteiger partial charge in [0.05, 0.1) is 11.3 Å².